The third-order valence-electron chi connectivity index (χ3n) is 11.5. The van der Waals surface area contributed by atoms with Crippen LogP contribution in [0.25, 0.3) is 44.7 Å². The van der Waals surface area contributed by atoms with E-state index in [0.717, 1.165) is 81.5 Å². The van der Waals surface area contributed by atoms with Crippen LogP contribution in [0.5, 0.6) is 0 Å². The van der Waals surface area contributed by atoms with Gasteiger partial charge in [-0.25, -0.2) is 29.9 Å². The van der Waals surface area contributed by atoms with E-state index in [9.17, 15) is 0 Å². The molecule has 14 nitrogen and oxygen atoms in total. The molecule has 0 aliphatic carbocycles. The number of nitrogens with one attached hydrogen (secondary N) is 4. The number of para-hydroxylation sites is 2. The Bertz CT molecular complexity index is 2920. The highest BCUT2D eigenvalue weighted by Gasteiger charge is 2.19. The number of benzene rings is 2. The van der Waals surface area contributed by atoms with Crippen LogP contribution in [0, 0.1) is 13.8 Å². The van der Waals surface area contributed by atoms with Crippen molar-refractivity contribution >= 4 is 44.7 Å². The van der Waals surface area contributed by atoms with Gasteiger partial charge in [-0.05, 0) is 75.6 Å². The second kappa shape index (κ2) is 16.7. The molecule has 0 amide bonds. The maximum atomic E-state index is 4.93. The van der Waals surface area contributed by atoms with E-state index in [2.05, 4.69) is 142 Å². The number of rotatable bonds is 12. The van der Waals surface area contributed by atoms with Gasteiger partial charge in [0.25, 0.3) is 0 Å². The minimum absolute atomic E-state index is 0.175. The molecule has 0 aliphatic rings. The summed E-state index contributed by atoms with van der Waals surface area (Å²) in [5.41, 5.74) is 8.91. The molecule has 316 valence electrons. The molecule has 8 heterocycles. The Hall–Kier alpha value is -7.22. The smallest absolute Gasteiger partial charge is 0.180 e. The second-order valence-corrected chi connectivity index (χ2v) is 16.9. The Morgan fingerprint density at radius 3 is 1.37 bits per heavy atom. The van der Waals surface area contributed by atoms with Crippen LogP contribution in [0.4, 0.5) is 11.6 Å². The first kappa shape index (κ1) is 40.2. The largest absolute Gasteiger partial charge is 0.364 e. The zero-order chi connectivity index (χ0) is 43.1. The van der Waals surface area contributed by atoms with Crippen molar-refractivity contribution < 1.29 is 0 Å². The molecule has 0 spiro atoms. The Balaban J connectivity index is 0.000000158. The first-order valence-corrected chi connectivity index (χ1v) is 21.4. The lowest BCUT2D eigenvalue weighted by molar-refractivity contribution is 0.777. The van der Waals surface area contributed by atoms with Gasteiger partial charge in [0.15, 0.2) is 34.6 Å². The van der Waals surface area contributed by atoms with Gasteiger partial charge in [0, 0.05) is 94.9 Å². The average Bonchev–Trinajstić information content (AvgIpc) is 4.12. The van der Waals surface area contributed by atoms with Gasteiger partial charge in [-0.3, -0.25) is 17.9 Å². The SMILES string of the molecule is Cc1nccn1-c1cn2c(C(C)C)cnc2c(N[C@@H](C)Cc2c[nH]c3ccccc23)n1.Cc1nccn1-c1cn2c(C(C)C)cnc2c(N[C@H](C)Cc2c[nH]c3ccccc23)n1. The molecule has 14 heteroatoms. The lowest BCUT2D eigenvalue weighted by atomic mass is 10.1. The number of nitrogens with zero attached hydrogens (tertiary/aromatic N) is 10. The number of fused-ring (bicyclic) bond motifs is 4. The predicted octanol–water partition coefficient (Wildman–Crippen LogP) is 9.74. The molecule has 0 radical (unpaired) electrons. The summed E-state index contributed by atoms with van der Waals surface area (Å²) >= 11 is 0. The monoisotopic (exact) mass is 826 g/mol. The minimum Gasteiger partial charge on any atom is -0.364 e. The maximum Gasteiger partial charge on any atom is 0.180 e. The molecule has 0 aliphatic heterocycles. The highest BCUT2D eigenvalue weighted by molar-refractivity contribution is 5.84. The van der Waals surface area contributed by atoms with Gasteiger partial charge in [0.1, 0.15) is 11.6 Å². The highest BCUT2D eigenvalue weighted by atomic mass is 15.2. The quantitative estimate of drug-likeness (QED) is 0.0951. The van der Waals surface area contributed by atoms with Crippen molar-refractivity contribution in [2.75, 3.05) is 10.6 Å². The van der Waals surface area contributed by atoms with Crippen LogP contribution in [-0.2, 0) is 12.8 Å². The highest BCUT2D eigenvalue weighted by Crippen LogP contribution is 2.27. The molecule has 2 aromatic carbocycles. The maximum absolute atomic E-state index is 4.93. The molecular formula is C48H54N14. The van der Waals surface area contributed by atoms with Crippen molar-refractivity contribution in [3.05, 3.63) is 145 Å². The number of aromatic nitrogens is 12. The Morgan fingerprint density at radius 1 is 0.565 bits per heavy atom. The van der Waals surface area contributed by atoms with E-state index in [1.165, 1.54) is 21.9 Å². The summed E-state index contributed by atoms with van der Waals surface area (Å²) in [7, 11) is 0. The molecule has 0 saturated heterocycles. The fourth-order valence-corrected chi connectivity index (χ4v) is 8.34. The van der Waals surface area contributed by atoms with E-state index < -0.39 is 0 Å². The van der Waals surface area contributed by atoms with Crippen molar-refractivity contribution in [1.82, 2.24) is 57.8 Å². The van der Waals surface area contributed by atoms with Crippen LogP contribution in [0.2, 0.25) is 0 Å². The van der Waals surface area contributed by atoms with Gasteiger partial charge < -0.3 is 20.6 Å². The second-order valence-electron chi connectivity index (χ2n) is 16.9. The zero-order valence-corrected chi connectivity index (χ0v) is 36.6. The number of anilines is 2. The zero-order valence-electron chi connectivity index (χ0n) is 36.6. The van der Waals surface area contributed by atoms with E-state index in [-0.39, 0.29) is 12.1 Å². The number of hydrogen-bond acceptors (Lipinski definition) is 8. The van der Waals surface area contributed by atoms with Crippen LogP contribution in [-0.4, -0.2) is 69.9 Å². The van der Waals surface area contributed by atoms with E-state index >= 15 is 0 Å². The third kappa shape index (κ3) is 7.79. The summed E-state index contributed by atoms with van der Waals surface area (Å²) in [4.78, 5) is 34.7. The van der Waals surface area contributed by atoms with Crippen molar-refractivity contribution in [2.45, 2.75) is 92.2 Å². The van der Waals surface area contributed by atoms with Crippen molar-refractivity contribution in [3.8, 4) is 11.6 Å². The fourth-order valence-electron chi connectivity index (χ4n) is 8.34. The summed E-state index contributed by atoms with van der Waals surface area (Å²) in [6.45, 7) is 17.0. The van der Waals surface area contributed by atoms with E-state index in [1.54, 1.807) is 12.4 Å². The van der Waals surface area contributed by atoms with Crippen LogP contribution in [0.1, 0.15) is 87.5 Å². The Labute approximate surface area is 360 Å². The van der Waals surface area contributed by atoms with Crippen molar-refractivity contribution in [1.29, 1.82) is 0 Å². The summed E-state index contributed by atoms with van der Waals surface area (Å²) in [6, 6.07) is 17.2. The molecule has 4 N–H and O–H groups in total. The molecule has 8 aromatic heterocycles. The third-order valence-corrected chi connectivity index (χ3v) is 11.5. The first-order valence-electron chi connectivity index (χ1n) is 21.4. The first-order chi connectivity index (χ1) is 30.0. The number of aromatic amines is 2. The lowest BCUT2D eigenvalue weighted by Gasteiger charge is -2.17. The van der Waals surface area contributed by atoms with E-state index in [0.29, 0.717) is 11.8 Å². The van der Waals surface area contributed by atoms with Crippen LogP contribution < -0.4 is 10.6 Å². The molecule has 0 unspecified atom stereocenters. The Kier molecular flexibility index (Phi) is 10.8. The minimum atomic E-state index is 0.175. The summed E-state index contributed by atoms with van der Waals surface area (Å²) in [5, 5.41) is 9.77. The molecule has 10 rings (SSSR count). The van der Waals surface area contributed by atoms with Gasteiger partial charge in [-0.2, -0.15) is 0 Å². The van der Waals surface area contributed by atoms with Crippen LogP contribution >= 0.6 is 0 Å². The summed E-state index contributed by atoms with van der Waals surface area (Å²) in [5.74, 6) is 5.71. The average molecular weight is 827 g/mol. The van der Waals surface area contributed by atoms with Crippen LogP contribution in [0.15, 0.2) is 110 Å². The molecule has 0 bridgehead atoms. The van der Waals surface area contributed by atoms with Crippen molar-refractivity contribution in [3.63, 3.8) is 0 Å². The number of H-pyrrole nitrogens is 2. The van der Waals surface area contributed by atoms with Gasteiger partial charge in [-0.15, -0.1) is 0 Å². The van der Waals surface area contributed by atoms with Crippen molar-refractivity contribution in [2.24, 2.45) is 0 Å². The molecular weight excluding hydrogens is 773 g/mol. The molecule has 2 atom stereocenters. The van der Waals surface area contributed by atoms with Gasteiger partial charge in [0.2, 0.25) is 0 Å². The summed E-state index contributed by atoms with van der Waals surface area (Å²) < 4.78 is 8.29. The Morgan fingerprint density at radius 2 is 0.984 bits per heavy atom. The van der Waals surface area contributed by atoms with Gasteiger partial charge in [-0.1, -0.05) is 64.1 Å². The van der Waals surface area contributed by atoms with E-state index in [1.807, 2.05) is 60.2 Å². The summed E-state index contributed by atoms with van der Waals surface area (Å²) in [6.07, 6.45) is 21.4. The van der Waals surface area contributed by atoms with Gasteiger partial charge >= 0.3 is 0 Å². The lowest BCUT2D eigenvalue weighted by Crippen LogP contribution is -2.20. The molecule has 10 aromatic rings. The standard InChI is InChI=1S/2C24H27N7/c2*1-15(2)21-13-27-24-23(29-22(14-31(21)24)30-10-9-25-17(30)4)28-16(3)11-18-12-26-20-8-6-5-7-19(18)20/h2*5-10,12-16,26H,11H2,1-4H3,(H,28,29)/t2*16-/m10/s1. The number of imidazole rings is 4. The predicted molar refractivity (Wildman–Crippen MR) is 248 cm³/mol. The normalized spacial score (nSPS) is 12.8. The molecule has 0 fully saturated rings. The molecule has 0 saturated carbocycles. The van der Waals surface area contributed by atoms with E-state index in [4.69, 9.17) is 19.9 Å². The number of hydrogen-bond donors (Lipinski definition) is 4. The van der Waals surface area contributed by atoms with Gasteiger partial charge in [0.05, 0.1) is 12.4 Å². The molecule has 62 heavy (non-hydrogen) atoms. The fraction of sp³-hybridized carbons (Fsp3) is 0.292. The number of aryl methyl sites for hydroxylation is 2. The topological polar surface area (TPSA) is 152 Å². The van der Waals surface area contributed by atoms with Crippen LogP contribution in [0.3, 0.4) is 0 Å².